The molecule has 3 heterocycles. The number of nitrogens with zero attached hydrogens (tertiary/aromatic N) is 5. The van der Waals surface area contributed by atoms with E-state index >= 15 is 0 Å². The van der Waals surface area contributed by atoms with Gasteiger partial charge in [0.2, 0.25) is 5.91 Å². The van der Waals surface area contributed by atoms with Gasteiger partial charge in [0, 0.05) is 20.6 Å². The van der Waals surface area contributed by atoms with Crippen LogP contribution in [0.4, 0.5) is 0 Å². The summed E-state index contributed by atoms with van der Waals surface area (Å²) in [6.07, 6.45) is 3.76. The fourth-order valence-electron chi connectivity index (χ4n) is 4.12. The third-order valence-corrected chi connectivity index (χ3v) is 5.79. The van der Waals surface area contributed by atoms with E-state index in [1.165, 1.54) is 40.9 Å². The van der Waals surface area contributed by atoms with Crippen LogP contribution in [0.2, 0.25) is 0 Å². The van der Waals surface area contributed by atoms with Crippen molar-refractivity contribution in [2.24, 2.45) is 14.1 Å². The lowest BCUT2D eigenvalue weighted by Crippen LogP contribution is -2.39. The van der Waals surface area contributed by atoms with E-state index in [2.05, 4.69) is 27.3 Å². The number of fused-ring (bicyclic) bond motifs is 1. The Hall–Kier alpha value is -3.20. The Bertz CT molecular complexity index is 1170. The molecule has 9 heteroatoms. The van der Waals surface area contributed by atoms with Crippen molar-refractivity contribution < 1.29 is 4.79 Å². The molecule has 1 aromatic carbocycles. The fraction of sp³-hybridized carbons (Fsp3) is 0.429. The summed E-state index contributed by atoms with van der Waals surface area (Å²) in [5.74, 6) is -0.203. The van der Waals surface area contributed by atoms with Gasteiger partial charge >= 0.3 is 5.69 Å². The van der Waals surface area contributed by atoms with Crippen molar-refractivity contribution in [1.82, 2.24) is 28.9 Å². The van der Waals surface area contributed by atoms with Gasteiger partial charge in [-0.3, -0.25) is 23.6 Å². The molecule has 2 aromatic heterocycles. The Morgan fingerprint density at radius 2 is 1.80 bits per heavy atom. The van der Waals surface area contributed by atoms with Crippen LogP contribution < -0.4 is 16.6 Å². The first-order chi connectivity index (χ1) is 14.5. The van der Waals surface area contributed by atoms with E-state index in [9.17, 15) is 14.4 Å². The van der Waals surface area contributed by atoms with Gasteiger partial charge in [-0.2, -0.15) is 0 Å². The van der Waals surface area contributed by atoms with Crippen molar-refractivity contribution in [3.05, 3.63) is 63.1 Å². The topological polar surface area (TPSA) is 94.2 Å². The summed E-state index contributed by atoms with van der Waals surface area (Å²) < 4.78 is 3.83. The number of aryl methyl sites for hydroxylation is 1. The molecule has 0 saturated carbocycles. The van der Waals surface area contributed by atoms with Gasteiger partial charge in [0.15, 0.2) is 11.2 Å². The van der Waals surface area contributed by atoms with Crippen LogP contribution in [0.1, 0.15) is 24.4 Å². The van der Waals surface area contributed by atoms with Crippen molar-refractivity contribution in [3.8, 4) is 0 Å². The summed E-state index contributed by atoms with van der Waals surface area (Å²) >= 11 is 0. The number of amides is 1. The summed E-state index contributed by atoms with van der Waals surface area (Å²) in [5.41, 5.74) is 0.789. The van der Waals surface area contributed by atoms with Crippen molar-refractivity contribution in [2.45, 2.75) is 25.4 Å². The standard InChI is InChI=1S/C21H26N6O3/c1-24-19-18(20(29)25(2)21(24)30)27(14-23-19)13-17(28)22-12-16(26-10-6-7-11-26)15-8-4-3-5-9-15/h3-5,8-9,14,16H,6-7,10-13H2,1-2H3,(H,22,28)/t16-/m1/s1. The lowest BCUT2D eigenvalue weighted by Gasteiger charge is -2.28. The number of nitrogens with one attached hydrogen (secondary N) is 1. The minimum Gasteiger partial charge on any atom is -0.353 e. The first-order valence-electron chi connectivity index (χ1n) is 10.1. The quantitative estimate of drug-likeness (QED) is 0.634. The maximum Gasteiger partial charge on any atom is 0.332 e. The molecule has 1 amide bonds. The molecule has 3 aromatic rings. The number of aromatic nitrogens is 4. The fourth-order valence-corrected chi connectivity index (χ4v) is 4.12. The first kappa shape index (κ1) is 20.1. The van der Waals surface area contributed by atoms with Gasteiger partial charge in [-0.05, 0) is 31.5 Å². The van der Waals surface area contributed by atoms with E-state index in [-0.39, 0.29) is 29.7 Å². The molecule has 0 spiro atoms. The van der Waals surface area contributed by atoms with Crippen LogP contribution in [-0.4, -0.2) is 49.1 Å². The van der Waals surface area contributed by atoms with Gasteiger partial charge in [-0.1, -0.05) is 30.3 Å². The highest BCUT2D eigenvalue weighted by Crippen LogP contribution is 2.24. The lowest BCUT2D eigenvalue weighted by atomic mass is 10.1. The smallest absolute Gasteiger partial charge is 0.332 e. The second kappa shape index (κ2) is 8.27. The number of carbonyl (C=O) groups is 1. The summed E-state index contributed by atoms with van der Waals surface area (Å²) in [6, 6.07) is 10.3. The predicted molar refractivity (Wildman–Crippen MR) is 113 cm³/mol. The van der Waals surface area contributed by atoms with Gasteiger partial charge in [0.25, 0.3) is 5.56 Å². The minimum atomic E-state index is -0.461. The zero-order chi connectivity index (χ0) is 21.3. The molecule has 0 unspecified atom stereocenters. The molecule has 0 radical (unpaired) electrons. The molecule has 1 N–H and O–H groups in total. The molecule has 1 fully saturated rings. The summed E-state index contributed by atoms with van der Waals surface area (Å²) in [6.45, 7) is 2.49. The maximum atomic E-state index is 12.7. The minimum absolute atomic E-state index is 0.0363. The van der Waals surface area contributed by atoms with Crippen molar-refractivity contribution in [2.75, 3.05) is 19.6 Å². The molecular weight excluding hydrogens is 384 g/mol. The zero-order valence-electron chi connectivity index (χ0n) is 17.2. The molecule has 0 bridgehead atoms. The largest absolute Gasteiger partial charge is 0.353 e. The Kier molecular flexibility index (Phi) is 5.54. The molecular formula is C21H26N6O3. The second-order valence-electron chi connectivity index (χ2n) is 7.72. The molecule has 0 aliphatic carbocycles. The summed E-state index contributed by atoms with van der Waals surface area (Å²) in [5, 5.41) is 3.01. The second-order valence-corrected chi connectivity index (χ2v) is 7.72. The van der Waals surface area contributed by atoms with E-state index in [4.69, 9.17) is 0 Å². The van der Waals surface area contributed by atoms with Crippen LogP contribution in [0.3, 0.4) is 0 Å². The average molecular weight is 410 g/mol. The Morgan fingerprint density at radius 1 is 1.10 bits per heavy atom. The highest BCUT2D eigenvalue weighted by molar-refractivity contribution is 5.78. The van der Waals surface area contributed by atoms with Gasteiger partial charge < -0.3 is 9.88 Å². The highest BCUT2D eigenvalue weighted by atomic mass is 16.2. The number of likely N-dealkylation sites (tertiary alicyclic amines) is 1. The number of rotatable bonds is 6. The highest BCUT2D eigenvalue weighted by Gasteiger charge is 2.24. The van der Waals surface area contributed by atoms with E-state index in [0.29, 0.717) is 6.54 Å². The van der Waals surface area contributed by atoms with E-state index in [1.807, 2.05) is 18.2 Å². The Morgan fingerprint density at radius 3 is 2.50 bits per heavy atom. The van der Waals surface area contributed by atoms with Gasteiger partial charge in [0.05, 0.1) is 12.4 Å². The average Bonchev–Trinajstić information content (AvgIpc) is 3.42. The Labute approximate surface area is 173 Å². The third kappa shape index (κ3) is 3.68. The first-order valence-corrected chi connectivity index (χ1v) is 10.1. The predicted octanol–water partition coefficient (Wildman–Crippen LogP) is 0.387. The van der Waals surface area contributed by atoms with E-state index in [0.717, 1.165) is 17.7 Å². The molecule has 158 valence electrons. The number of hydrogen-bond acceptors (Lipinski definition) is 5. The number of benzene rings is 1. The molecule has 1 aliphatic heterocycles. The number of hydrogen-bond donors (Lipinski definition) is 1. The number of imidazole rings is 1. The molecule has 9 nitrogen and oxygen atoms in total. The lowest BCUT2D eigenvalue weighted by molar-refractivity contribution is -0.121. The molecule has 1 atom stereocenters. The van der Waals surface area contributed by atoms with E-state index in [1.54, 1.807) is 7.05 Å². The van der Waals surface area contributed by atoms with E-state index < -0.39 is 11.2 Å². The van der Waals surface area contributed by atoms with Crippen LogP contribution >= 0.6 is 0 Å². The molecule has 1 aliphatic rings. The monoisotopic (exact) mass is 410 g/mol. The van der Waals surface area contributed by atoms with Crippen molar-refractivity contribution >= 4 is 17.1 Å². The zero-order valence-corrected chi connectivity index (χ0v) is 17.2. The third-order valence-electron chi connectivity index (χ3n) is 5.79. The summed E-state index contributed by atoms with van der Waals surface area (Å²) in [4.78, 5) is 43.9. The normalized spacial score (nSPS) is 15.5. The molecule has 30 heavy (non-hydrogen) atoms. The number of carbonyl (C=O) groups excluding carboxylic acids is 1. The Balaban J connectivity index is 1.52. The molecule has 4 rings (SSSR count). The molecule has 1 saturated heterocycles. The van der Waals surface area contributed by atoms with Crippen LogP contribution in [0.15, 0.2) is 46.2 Å². The summed E-state index contributed by atoms with van der Waals surface area (Å²) in [7, 11) is 2.98. The maximum absolute atomic E-state index is 12.7. The van der Waals surface area contributed by atoms with Crippen molar-refractivity contribution in [1.29, 1.82) is 0 Å². The van der Waals surface area contributed by atoms with Gasteiger partial charge in [-0.15, -0.1) is 0 Å². The van der Waals surface area contributed by atoms with Crippen LogP contribution in [-0.2, 0) is 25.4 Å². The van der Waals surface area contributed by atoms with Crippen LogP contribution in [0, 0.1) is 0 Å². The van der Waals surface area contributed by atoms with Gasteiger partial charge in [-0.25, -0.2) is 9.78 Å². The van der Waals surface area contributed by atoms with Crippen molar-refractivity contribution in [3.63, 3.8) is 0 Å². The SMILES string of the molecule is Cn1c(=O)c2c(ncn2CC(=O)NC[C@H](c2ccccc2)N2CCCC2)n(C)c1=O. The van der Waals surface area contributed by atoms with Gasteiger partial charge in [0.1, 0.15) is 6.54 Å². The van der Waals surface area contributed by atoms with Crippen LogP contribution in [0.25, 0.3) is 11.2 Å². The van der Waals surface area contributed by atoms with Crippen LogP contribution in [0.5, 0.6) is 0 Å².